The molecule has 1 aromatic carbocycles. The molecule has 0 aliphatic heterocycles. The van der Waals surface area contributed by atoms with E-state index >= 15 is 0 Å². The van der Waals surface area contributed by atoms with E-state index in [0.29, 0.717) is 10.9 Å². The fraction of sp³-hybridized carbons (Fsp3) is 0.588. The third kappa shape index (κ3) is 3.67. The predicted octanol–water partition coefficient (Wildman–Crippen LogP) is 5.07. The van der Waals surface area contributed by atoms with Gasteiger partial charge in [0.15, 0.2) is 0 Å². The number of nitriles is 1. The molecule has 1 saturated carbocycles. The number of benzene rings is 1. The number of ether oxygens (including phenoxy) is 1. The van der Waals surface area contributed by atoms with Crippen molar-refractivity contribution in [3.8, 4) is 11.8 Å². The van der Waals surface area contributed by atoms with Crippen LogP contribution < -0.4 is 4.74 Å². The van der Waals surface area contributed by atoms with Crippen molar-refractivity contribution >= 4 is 11.6 Å². The highest BCUT2D eigenvalue weighted by molar-refractivity contribution is 6.30. The maximum Gasteiger partial charge on any atom is 0.121 e. The topological polar surface area (TPSA) is 33.0 Å². The molecule has 0 bridgehead atoms. The molecule has 0 spiro atoms. The van der Waals surface area contributed by atoms with E-state index in [2.05, 4.69) is 26.8 Å². The lowest BCUT2D eigenvalue weighted by molar-refractivity contribution is 0.0493. The lowest BCUT2D eigenvalue weighted by atomic mass is 9.69. The third-order valence-electron chi connectivity index (χ3n) is 4.27. The van der Waals surface area contributed by atoms with Gasteiger partial charge in [0.25, 0.3) is 0 Å². The van der Waals surface area contributed by atoms with Gasteiger partial charge in [-0.05, 0) is 48.8 Å². The molecule has 20 heavy (non-hydrogen) atoms. The maximum atomic E-state index is 9.33. The maximum absolute atomic E-state index is 9.33. The Kier molecular flexibility index (Phi) is 4.60. The minimum absolute atomic E-state index is 0.0208. The van der Waals surface area contributed by atoms with E-state index in [1.54, 1.807) is 0 Å². The molecule has 2 rings (SSSR count). The average Bonchev–Trinajstić information content (AvgIpc) is 2.37. The third-order valence-corrected chi connectivity index (χ3v) is 4.50. The molecule has 3 heteroatoms. The van der Waals surface area contributed by atoms with Crippen LogP contribution in [0.1, 0.15) is 40.0 Å². The normalized spacial score (nSPS) is 26.9. The van der Waals surface area contributed by atoms with E-state index in [1.165, 1.54) is 0 Å². The van der Waals surface area contributed by atoms with E-state index in [4.69, 9.17) is 16.3 Å². The van der Waals surface area contributed by atoms with Crippen molar-refractivity contribution in [2.75, 3.05) is 0 Å². The highest BCUT2D eigenvalue weighted by Gasteiger charge is 2.37. The Hall–Kier alpha value is -1.20. The van der Waals surface area contributed by atoms with Crippen LogP contribution in [0.3, 0.4) is 0 Å². The second-order valence-electron chi connectivity index (χ2n) is 6.73. The first-order chi connectivity index (χ1) is 9.40. The molecule has 1 aromatic rings. The summed E-state index contributed by atoms with van der Waals surface area (Å²) in [5, 5.41) is 9.99. The van der Waals surface area contributed by atoms with Gasteiger partial charge in [-0.25, -0.2) is 0 Å². The van der Waals surface area contributed by atoms with Crippen LogP contribution in [0.4, 0.5) is 0 Å². The van der Waals surface area contributed by atoms with Gasteiger partial charge in [-0.2, -0.15) is 5.26 Å². The van der Waals surface area contributed by atoms with Gasteiger partial charge in [0, 0.05) is 5.02 Å². The van der Waals surface area contributed by atoms with Crippen molar-refractivity contribution in [2.24, 2.45) is 17.3 Å². The molecule has 0 saturated heterocycles. The molecule has 0 radical (unpaired) electrons. The average molecular weight is 292 g/mol. The standard InChI is InChI=1S/C17H22ClNO/c1-17(2,3)13-8-7-12(11-19)16(9-13)20-15-6-4-5-14(18)10-15/h4-6,10,12-13,16H,7-9H2,1-3H3. The first-order valence-electron chi connectivity index (χ1n) is 7.22. The van der Waals surface area contributed by atoms with Crippen molar-refractivity contribution in [1.82, 2.24) is 0 Å². The van der Waals surface area contributed by atoms with Crippen molar-refractivity contribution in [3.63, 3.8) is 0 Å². The lowest BCUT2D eigenvalue weighted by Gasteiger charge is -2.39. The fourth-order valence-electron chi connectivity index (χ4n) is 2.91. The first-order valence-corrected chi connectivity index (χ1v) is 7.60. The van der Waals surface area contributed by atoms with Crippen LogP contribution >= 0.6 is 11.6 Å². The summed E-state index contributed by atoms with van der Waals surface area (Å²) < 4.78 is 6.06. The van der Waals surface area contributed by atoms with Gasteiger partial charge >= 0.3 is 0 Å². The summed E-state index contributed by atoms with van der Waals surface area (Å²) in [5.41, 5.74) is 0.260. The van der Waals surface area contributed by atoms with E-state index in [1.807, 2.05) is 24.3 Å². The summed E-state index contributed by atoms with van der Waals surface area (Å²) >= 11 is 5.99. The van der Waals surface area contributed by atoms with Gasteiger partial charge in [0.1, 0.15) is 11.9 Å². The number of halogens is 1. The molecular formula is C17H22ClNO. The molecule has 3 unspecified atom stereocenters. The molecular weight excluding hydrogens is 270 g/mol. The summed E-state index contributed by atoms with van der Waals surface area (Å²) in [6, 6.07) is 9.83. The molecule has 0 aromatic heterocycles. The van der Waals surface area contributed by atoms with E-state index < -0.39 is 0 Å². The fourth-order valence-corrected chi connectivity index (χ4v) is 3.09. The minimum Gasteiger partial charge on any atom is -0.489 e. The van der Waals surface area contributed by atoms with Gasteiger partial charge in [-0.15, -0.1) is 0 Å². The van der Waals surface area contributed by atoms with Gasteiger partial charge in [0.05, 0.1) is 12.0 Å². The Morgan fingerprint density at radius 1 is 1.30 bits per heavy atom. The van der Waals surface area contributed by atoms with Crippen molar-refractivity contribution in [2.45, 2.75) is 46.1 Å². The Morgan fingerprint density at radius 2 is 2.05 bits per heavy atom. The second kappa shape index (κ2) is 6.06. The van der Waals surface area contributed by atoms with Crippen molar-refractivity contribution in [3.05, 3.63) is 29.3 Å². The number of rotatable bonds is 2. The van der Waals surface area contributed by atoms with Crippen LogP contribution in [0.15, 0.2) is 24.3 Å². The molecule has 1 aliphatic rings. The number of nitrogens with zero attached hydrogens (tertiary/aromatic N) is 1. The Labute approximate surface area is 126 Å². The highest BCUT2D eigenvalue weighted by Crippen LogP contribution is 2.41. The second-order valence-corrected chi connectivity index (χ2v) is 7.16. The quantitative estimate of drug-likeness (QED) is 0.762. The van der Waals surface area contributed by atoms with Gasteiger partial charge in [0.2, 0.25) is 0 Å². The zero-order valence-corrected chi connectivity index (χ0v) is 13.2. The SMILES string of the molecule is CC(C)(C)C1CCC(C#N)C(Oc2cccc(Cl)c2)C1. The van der Waals surface area contributed by atoms with Gasteiger partial charge in [-0.1, -0.05) is 38.4 Å². The summed E-state index contributed by atoms with van der Waals surface area (Å²) in [6.07, 6.45) is 2.94. The van der Waals surface area contributed by atoms with Crippen LogP contribution in [0, 0.1) is 28.6 Å². The van der Waals surface area contributed by atoms with Crippen LogP contribution in [-0.2, 0) is 0 Å². The minimum atomic E-state index is -0.0311. The van der Waals surface area contributed by atoms with Crippen LogP contribution in [0.5, 0.6) is 5.75 Å². The molecule has 108 valence electrons. The molecule has 0 amide bonds. The Morgan fingerprint density at radius 3 is 2.65 bits per heavy atom. The number of hydrogen-bond acceptors (Lipinski definition) is 2. The zero-order chi connectivity index (χ0) is 14.8. The monoisotopic (exact) mass is 291 g/mol. The molecule has 0 N–H and O–H groups in total. The van der Waals surface area contributed by atoms with Crippen LogP contribution in [-0.4, -0.2) is 6.10 Å². The number of hydrogen-bond donors (Lipinski definition) is 0. The molecule has 0 heterocycles. The van der Waals surface area contributed by atoms with E-state index in [-0.39, 0.29) is 17.4 Å². The molecule has 1 aliphatic carbocycles. The molecule has 2 nitrogen and oxygen atoms in total. The largest absolute Gasteiger partial charge is 0.489 e. The smallest absolute Gasteiger partial charge is 0.121 e. The van der Waals surface area contributed by atoms with Gasteiger partial charge in [-0.3, -0.25) is 0 Å². The molecule has 3 atom stereocenters. The summed E-state index contributed by atoms with van der Waals surface area (Å²) in [5.74, 6) is 1.33. The zero-order valence-electron chi connectivity index (χ0n) is 12.4. The summed E-state index contributed by atoms with van der Waals surface area (Å²) in [4.78, 5) is 0. The van der Waals surface area contributed by atoms with Crippen LogP contribution in [0.25, 0.3) is 0 Å². The highest BCUT2D eigenvalue weighted by atomic mass is 35.5. The van der Waals surface area contributed by atoms with Crippen LogP contribution in [0.2, 0.25) is 5.02 Å². The summed E-state index contributed by atoms with van der Waals surface area (Å²) in [6.45, 7) is 6.79. The van der Waals surface area contributed by atoms with Crippen molar-refractivity contribution < 1.29 is 4.74 Å². The van der Waals surface area contributed by atoms with E-state index in [9.17, 15) is 5.26 Å². The van der Waals surface area contributed by atoms with E-state index in [0.717, 1.165) is 25.0 Å². The molecule has 1 fully saturated rings. The predicted molar refractivity (Wildman–Crippen MR) is 81.8 cm³/mol. The van der Waals surface area contributed by atoms with Crippen molar-refractivity contribution in [1.29, 1.82) is 5.26 Å². The first kappa shape index (κ1) is 15.2. The Bertz CT molecular complexity index is 500. The van der Waals surface area contributed by atoms with Gasteiger partial charge < -0.3 is 4.74 Å². The Balaban J connectivity index is 2.12. The summed E-state index contributed by atoms with van der Waals surface area (Å²) in [7, 11) is 0. The lowest BCUT2D eigenvalue weighted by Crippen LogP contribution is -2.37.